The molecule has 498 valence electrons. The molecule has 106 heavy (non-hydrogen) atoms. The molecule has 0 unspecified atom stereocenters. The molecule has 0 amide bonds. The van der Waals surface area contributed by atoms with Gasteiger partial charge in [0, 0.05) is 93.4 Å². The van der Waals surface area contributed by atoms with Crippen molar-refractivity contribution in [3.05, 3.63) is 362 Å². The Kier molecular flexibility index (Phi) is 12.8. The van der Waals surface area contributed by atoms with E-state index in [2.05, 4.69) is 380 Å². The van der Waals surface area contributed by atoms with E-state index in [0.29, 0.717) is 5.82 Å². The van der Waals surface area contributed by atoms with Gasteiger partial charge in [-0.1, -0.05) is 246 Å². The van der Waals surface area contributed by atoms with Gasteiger partial charge in [-0.05, 0) is 188 Å². The summed E-state index contributed by atoms with van der Waals surface area (Å²) in [5, 5.41) is 9.62. The highest BCUT2D eigenvalue weighted by atomic mass is 15.0. The van der Waals surface area contributed by atoms with Crippen molar-refractivity contribution in [2.45, 2.75) is 38.5 Å². The third-order valence-electron chi connectivity index (χ3n) is 23.5. The summed E-state index contributed by atoms with van der Waals surface area (Å²) in [7, 11) is 0. The lowest BCUT2D eigenvalue weighted by atomic mass is 9.82. The number of rotatable bonds is 9. The molecule has 0 saturated heterocycles. The molecule has 0 saturated carbocycles. The predicted octanol–water partition coefficient (Wildman–Crippen LogP) is 25.8. The molecule has 15 aromatic carbocycles. The summed E-state index contributed by atoms with van der Waals surface area (Å²) in [6.07, 6.45) is 0. The molecule has 22 rings (SSSR count). The van der Waals surface area contributed by atoms with Crippen molar-refractivity contribution in [2.24, 2.45) is 0 Å². The van der Waals surface area contributed by atoms with E-state index in [0.717, 1.165) is 72.6 Å². The van der Waals surface area contributed by atoms with Crippen molar-refractivity contribution in [3.63, 3.8) is 0 Å². The minimum atomic E-state index is -0.114. The van der Waals surface area contributed by atoms with Crippen molar-refractivity contribution in [1.82, 2.24) is 28.2 Å². The lowest BCUT2D eigenvalue weighted by Gasteiger charge is -2.22. The van der Waals surface area contributed by atoms with Gasteiger partial charge in [-0.3, -0.25) is 0 Å². The molecule has 0 spiro atoms. The van der Waals surface area contributed by atoms with Crippen molar-refractivity contribution in [2.75, 3.05) is 0 Å². The molecule has 6 nitrogen and oxygen atoms in total. The first-order valence-electron chi connectivity index (χ1n) is 36.9. The SMILES string of the molecule is CC1(C)c2ccccc2-c2ccc(-n3c4ccccc4c4cc(-c5ccc6c(c5)c5ccccc5n6-c5cc(-c6cc(-c7ccccc7)nc(-c7ccccc7)n6)cc(-n6c7ccccc7c7cc(-c8ccc9c(c8)c8ccccc8n9-c8ccc9c(c8)C(C)(C)c8ccccc8-9)ccc76)c5)ccc43)cc21. The van der Waals surface area contributed by atoms with Crippen LogP contribution in [0.1, 0.15) is 49.9 Å². The molecule has 6 heteroatoms. The maximum Gasteiger partial charge on any atom is 0.160 e. The zero-order valence-electron chi connectivity index (χ0n) is 59.0. The summed E-state index contributed by atoms with van der Waals surface area (Å²) in [6.45, 7) is 9.46. The van der Waals surface area contributed by atoms with Crippen LogP contribution in [0.15, 0.2) is 340 Å². The van der Waals surface area contributed by atoms with Crippen LogP contribution >= 0.6 is 0 Å². The quantitative estimate of drug-likeness (QED) is 0.145. The van der Waals surface area contributed by atoms with Crippen LogP contribution in [0.2, 0.25) is 0 Å². The van der Waals surface area contributed by atoms with E-state index < -0.39 is 0 Å². The second-order valence-corrected chi connectivity index (χ2v) is 30.1. The van der Waals surface area contributed by atoms with Crippen molar-refractivity contribution < 1.29 is 0 Å². The van der Waals surface area contributed by atoms with Crippen molar-refractivity contribution in [1.29, 1.82) is 0 Å². The van der Waals surface area contributed by atoms with E-state index in [4.69, 9.17) is 9.97 Å². The normalized spacial score (nSPS) is 13.4. The van der Waals surface area contributed by atoms with Crippen LogP contribution in [-0.4, -0.2) is 28.2 Å². The molecule has 5 aromatic heterocycles. The molecule has 0 bridgehead atoms. The lowest BCUT2D eigenvalue weighted by Crippen LogP contribution is -2.15. The fraction of sp³-hybridized carbons (Fsp3) is 0.0600. The van der Waals surface area contributed by atoms with Crippen molar-refractivity contribution in [3.8, 4) is 101 Å². The maximum absolute atomic E-state index is 5.52. The Morgan fingerprint density at radius 1 is 0.198 bits per heavy atom. The number of nitrogens with zero attached hydrogens (tertiary/aromatic N) is 6. The molecule has 0 fully saturated rings. The molecular weight excluding hydrogens is 1290 g/mol. The first-order valence-corrected chi connectivity index (χ1v) is 36.9. The van der Waals surface area contributed by atoms with Gasteiger partial charge in [0.25, 0.3) is 0 Å². The summed E-state index contributed by atoms with van der Waals surface area (Å²) in [5.41, 5.74) is 33.5. The van der Waals surface area contributed by atoms with E-state index in [9.17, 15) is 0 Å². The standard InChI is InChI=1S/C100H68N6/c1-99(2)84-33-17-11-27-72(84)74-45-43-68(58-86(74)99)103-90-35-19-13-29-76(90)80-53-63(39-47-94(80)103)65-41-49-96-82(55-65)78-31-15-21-37-92(78)105(96)70-51-67(89-60-88(61-23-7-5-8-24-61)101-98(102-89)62-25-9-6-10-26-62)52-71(57-70)106-93-38-22-16-32-79(93)83-56-66(42-50-97(83)106)64-40-48-95-81(54-64)77-30-14-20-36-91(77)104(95)69-44-46-75-73-28-12-18-34-85(73)100(3,4)87(75)59-69/h5-60H,1-4H3. The third-order valence-corrected chi connectivity index (χ3v) is 23.5. The maximum atomic E-state index is 5.52. The van der Waals surface area contributed by atoms with Gasteiger partial charge >= 0.3 is 0 Å². The van der Waals surface area contributed by atoms with Crippen LogP contribution in [-0.2, 0) is 10.8 Å². The van der Waals surface area contributed by atoms with Gasteiger partial charge in [-0.15, -0.1) is 0 Å². The Balaban J connectivity index is 0.703. The Labute approximate surface area is 613 Å². The van der Waals surface area contributed by atoms with Gasteiger partial charge in [0.1, 0.15) is 0 Å². The fourth-order valence-corrected chi connectivity index (χ4v) is 18.5. The van der Waals surface area contributed by atoms with Crippen LogP contribution in [0.3, 0.4) is 0 Å². The number of aromatic nitrogens is 6. The van der Waals surface area contributed by atoms with E-state index >= 15 is 0 Å². The average molecular weight is 1350 g/mol. The van der Waals surface area contributed by atoms with Gasteiger partial charge in [0.15, 0.2) is 5.82 Å². The van der Waals surface area contributed by atoms with Gasteiger partial charge in [0.2, 0.25) is 0 Å². The van der Waals surface area contributed by atoms with Gasteiger partial charge in [-0.2, -0.15) is 0 Å². The molecule has 2 aliphatic carbocycles. The number of hydrogen-bond acceptors (Lipinski definition) is 2. The molecule has 20 aromatic rings. The molecule has 0 aliphatic heterocycles. The zero-order valence-corrected chi connectivity index (χ0v) is 59.0. The summed E-state index contributed by atoms with van der Waals surface area (Å²) in [5.74, 6) is 0.667. The van der Waals surface area contributed by atoms with E-state index in [-0.39, 0.29) is 10.8 Å². The number of fused-ring (bicyclic) bond motifs is 18. The van der Waals surface area contributed by atoms with Gasteiger partial charge in [-0.25, -0.2) is 9.97 Å². The van der Waals surface area contributed by atoms with Crippen LogP contribution < -0.4 is 0 Å². The van der Waals surface area contributed by atoms with Crippen LogP contribution in [0.25, 0.3) is 188 Å². The summed E-state index contributed by atoms with van der Waals surface area (Å²) >= 11 is 0. The summed E-state index contributed by atoms with van der Waals surface area (Å²) < 4.78 is 9.87. The van der Waals surface area contributed by atoms with E-state index in [1.165, 1.54) is 132 Å². The Morgan fingerprint density at radius 3 is 0.906 bits per heavy atom. The van der Waals surface area contributed by atoms with Gasteiger partial charge in [0.05, 0.1) is 55.5 Å². The lowest BCUT2D eigenvalue weighted by molar-refractivity contribution is 0.660. The molecule has 0 N–H and O–H groups in total. The highest BCUT2D eigenvalue weighted by Gasteiger charge is 2.37. The van der Waals surface area contributed by atoms with Crippen LogP contribution in [0.5, 0.6) is 0 Å². The van der Waals surface area contributed by atoms with Gasteiger partial charge < -0.3 is 18.3 Å². The minimum absolute atomic E-state index is 0.114. The van der Waals surface area contributed by atoms with E-state index in [1.54, 1.807) is 0 Å². The molecule has 5 heterocycles. The second kappa shape index (κ2) is 22.5. The third kappa shape index (κ3) is 8.85. The molecule has 2 aliphatic rings. The molecular formula is C100H68N6. The number of benzene rings is 15. The number of hydrogen-bond donors (Lipinski definition) is 0. The summed E-state index contributed by atoms with van der Waals surface area (Å²) in [4.78, 5) is 10.8. The Morgan fingerprint density at radius 2 is 0.509 bits per heavy atom. The second-order valence-electron chi connectivity index (χ2n) is 30.1. The Bertz CT molecular complexity index is 6710. The van der Waals surface area contributed by atoms with Crippen LogP contribution in [0, 0.1) is 0 Å². The monoisotopic (exact) mass is 1350 g/mol. The Hall–Kier alpha value is -13.4. The number of para-hydroxylation sites is 4. The molecule has 0 radical (unpaired) electrons. The van der Waals surface area contributed by atoms with Crippen molar-refractivity contribution >= 4 is 87.2 Å². The average Bonchev–Trinajstić information content (AvgIpc) is 1.57. The van der Waals surface area contributed by atoms with E-state index in [1.807, 2.05) is 6.07 Å². The predicted molar refractivity (Wildman–Crippen MR) is 442 cm³/mol. The topological polar surface area (TPSA) is 45.5 Å². The van der Waals surface area contributed by atoms with Crippen LogP contribution in [0.4, 0.5) is 0 Å². The highest BCUT2D eigenvalue weighted by molar-refractivity contribution is 6.15. The smallest absolute Gasteiger partial charge is 0.160 e. The first-order chi connectivity index (χ1) is 52.1. The minimum Gasteiger partial charge on any atom is -0.309 e. The largest absolute Gasteiger partial charge is 0.309 e. The first kappa shape index (κ1) is 60.2. The zero-order chi connectivity index (χ0) is 70.3. The fourth-order valence-electron chi connectivity index (χ4n) is 18.5. The summed E-state index contributed by atoms with van der Waals surface area (Å²) in [6, 6.07) is 126. The molecule has 0 atom stereocenters. The highest BCUT2D eigenvalue weighted by Crippen LogP contribution is 2.52.